The van der Waals surface area contributed by atoms with Crippen LogP contribution in [-0.4, -0.2) is 18.5 Å². The van der Waals surface area contributed by atoms with Crippen LogP contribution in [0, 0.1) is 0 Å². The highest BCUT2D eigenvalue weighted by molar-refractivity contribution is 5.80. The number of primary amides is 1. The molecule has 0 saturated heterocycles. The zero-order chi connectivity index (χ0) is 17.9. The van der Waals surface area contributed by atoms with Crippen molar-refractivity contribution < 1.29 is 9.59 Å². The molecule has 3 amide bonds. The number of carbonyl (C=O) groups excluding carboxylic acids is 2. The molecule has 6 nitrogen and oxygen atoms in total. The number of nitrogens with one attached hydrogen (secondary N) is 2. The zero-order valence-electron chi connectivity index (χ0n) is 14.2. The summed E-state index contributed by atoms with van der Waals surface area (Å²) in [7, 11) is 0. The molecule has 0 aliphatic rings. The van der Waals surface area contributed by atoms with Crippen LogP contribution in [0.3, 0.4) is 0 Å². The van der Waals surface area contributed by atoms with E-state index in [1.165, 1.54) is 0 Å². The smallest absolute Gasteiger partial charge is 0.312 e. The van der Waals surface area contributed by atoms with Gasteiger partial charge in [-0.3, -0.25) is 15.2 Å². The summed E-state index contributed by atoms with van der Waals surface area (Å²) >= 11 is 0. The van der Waals surface area contributed by atoms with Crippen molar-refractivity contribution in [3.05, 3.63) is 60.7 Å². The molecular formula is C19H24N4O2. The fourth-order valence-electron chi connectivity index (χ4n) is 2.41. The number of hydrogen-bond acceptors (Lipinski definition) is 3. The molecule has 0 radical (unpaired) electrons. The van der Waals surface area contributed by atoms with Crippen molar-refractivity contribution >= 4 is 23.3 Å². The Morgan fingerprint density at radius 3 is 1.92 bits per heavy atom. The molecule has 0 aliphatic carbocycles. The van der Waals surface area contributed by atoms with Gasteiger partial charge in [0, 0.05) is 13.0 Å². The first kappa shape index (κ1) is 18.3. The number of amides is 3. The Kier molecular flexibility index (Phi) is 7.31. The summed E-state index contributed by atoms with van der Waals surface area (Å²) in [5.41, 5.74) is 9.76. The molecular weight excluding hydrogens is 316 g/mol. The van der Waals surface area contributed by atoms with E-state index >= 15 is 0 Å². The maximum Gasteiger partial charge on any atom is 0.312 e. The third kappa shape index (κ3) is 6.55. The Bertz CT molecular complexity index is 622. The molecule has 25 heavy (non-hydrogen) atoms. The molecule has 6 heteroatoms. The highest BCUT2D eigenvalue weighted by Gasteiger charge is 2.12. The van der Waals surface area contributed by atoms with Crippen LogP contribution in [0.4, 0.5) is 16.2 Å². The van der Waals surface area contributed by atoms with Gasteiger partial charge in [-0.05, 0) is 37.1 Å². The SMILES string of the molecule is NC(=O)NCCCCCC(=O)NN(c1ccccc1)c1ccccc1. The summed E-state index contributed by atoms with van der Waals surface area (Å²) in [6, 6.07) is 18.9. The molecule has 2 rings (SSSR count). The lowest BCUT2D eigenvalue weighted by Crippen LogP contribution is -2.38. The van der Waals surface area contributed by atoms with E-state index in [-0.39, 0.29) is 5.91 Å². The minimum atomic E-state index is -0.515. The molecule has 0 bridgehead atoms. The number of anilines is 2. The molecule has 2 aromatic rings. The van der Waals surface area contributed by atoms with E-state index in [4.69, 9.17) is 5.73 Å². The van der Waals surface area contributed by atoms with E-state index in [2.05, 4.69) is 10.7 Å². The van der Waals surface area contributed by atoms with Gasteiger partial charge in [0.05, 0.1) is 11.4 Å². The molecule has 2 aromatic carbocycles. The van der Waals surface area contributed by atoms with E-state index in [1.807, 2.05) is 60.7 Å². The molecule has 0 aliphatic heterocycles. The Morgan fingerprint density at radius 2 is 1.40 bits per heavy atom. The number of hydrogen-bond donors (Lipinski definition) is 3. The third-order valence-electron chi connectivity index (χ3n) is 3.65. The molecule has 0 atom stereocenters. The molecule has 0 heterocycles. The largest absolute Gasteiger partial charge is 0.352 e. The van der Waals surface area contributed by atoms with Gasteiger partial charge < -0.3 is 11.1 Å². The molecule has 132 valence electrons. The van der Waals surface area contributed by atoms with Crippen molar-refractivity contribution in [1.82, 2.24) is 10.7 Å². The van der Waals surface area contributed by atoms with E-state index < -0.39 is 6.03 Å². The summed E-state index contributed by atoms with van der Waals surface area (Å²) in [4.78, 5) is 22.9. The lowest BCUT2D eigenvalue weighted by Gasteiger charge is -2.25. The van der Waals surface area contributed by atoms with Gasteiger partial charge >= 0.3 is 6.03 Å². The van der Waals surface area contributed by atoms with Gasteiger partial charge in [-0.15, -0.1) is 0 Å². The van der Waals surface area contributed by atoms with Crippen molar-refractivity contribution in [2.24, 2.45) is 5.73 Å². The van der Waals surface area contributed by atoms with E-state index in [1.54, 1.807) is 5.01 Å². The Morgan fingerprint density at radius 1 is 0.840 bits per heavy atom. The quantitative estimate of drug-likeness (QED) is 0.484. The maximum atomic E-state index is 12.3. The minimum absolute atomic E-state index is 0.0458. The fourth-order valence-corrected chi connectivity index (χ4v) is 2.41. The number of carbonyl (C=O) groups is 2. The maximum absolute atomic E-state index is 12.3. The van der Waals surface area contributed by atoms with Gasteiger partial charge in [0.25, 0.3) is 0 Å². The van der Waals surface area contributed by atoms with Crippen molar-refractivity contribution in [2.45, 2.75) is 25.7 Å². The second-order valence-electron chi connectivity index (χ2n) is 5.64. The number of nitrogens with two attached hydrogens (primary N) is 1. The third-order valence-corrected chi connectivity index (χ3v) is 3.65. The lowest BCUT2D eigenvalue weighted by molar-refractivity contribution is -0.121. The second kappa shape index (κ2) is 9.97. The average Bonchev–Trinajstić information content (AvgIpc) is 2.64. The summed E-state index contributed by atoms with van der Waals surface area (Å²) in [5.74, 6) is -0.0458. The van der Waals surface area contributed by atoms with Crippen LogP contribution < -0.4 is 21.5 Å². The summed E-state index contributed by atoms with van der Waals surface area (Å²) < 4.78 is 0. The number of unbranched alkanes of at least 4 members (excludes halogenated alkanes) is 2. The molecule has 0 saturated carbocycles. The first-order valence-electron chi connectivity index (χ1n) is 8.40. The molecule has 0 unspecified atom stereocenters. The van der Waals surface area contributed by atoms with Crippen LogP contribution in [0.2, 0.25) is 0 Å². The summed E-state index contributed by atoms with van der Waals surface area (Å²) in [5, 5.41) is 4.33. The lowest BCUT2D eigenvalue weighted by atomic mass is 10.2. The van der Waals surface area contributed by atoms with Crippen LogP contribution in [0.5, 0.6) is 0 Å². The predicted molar refractivity (Wildman–Crippen MR) is 99.2 cm³/mol. The van der Waals surface area contributed by atoms with Crippen molar-refractivity contribution in [3.63, 3.8) is 0 Å². The van der Waals surface area contributed by atoms with Gasteiger partial charge in [-0.1, -0.05) is 42.8 Å². The number of urea groups is 1. The van der Waals surface area contributed by atoms with Gasteiger partial charge in [0.2, 0.25) is 5.91 Å². The summed E-state index contributed by atoms with van der Waals surface area (Å²) in [6.07, 6.45) is 2.83. The molecule has 4 N–H and O–H groups in total. The van der Waals surface area contributed by atoms with Crippen LogP contribution in [0.15, 0.2) is 60.7 Å². The van der Waals surface area contributed by atoms with Gasteiger partial charge in [-0.25, -0.2) is 4.79 Å². The number of para-hydroxylation sites is 2. The number of nitrogens with zero attached hydrogens (tertiary/aromatic N) is 1. The highest BCUT2D eigenvalue weighted by Crippen LogP contribution is 2.22. The topological polar surface area (TPSA) is 87.5 Å². The number of benzene rings is 2. The van der Waals surface area contributed by atoms with Crippen LogP contribution in [0.25, 0.3) is 0 Å². The minimum Gasteiger partial charge on any atom is -0.352 e. The number of rotatable bonds is 9. The standard InChI is InChI=1S/C19H24N4O2/c20-19(25)21-15-9-3-8-14-18(24)22-23(16-10-4-1-5-11-16)17-12-6-2-7-13-17/h1-2,4-7,10-13H,3,8-9,14-15H2,(H,22,24)(H3,20,21,25). The van der Waals surface area contributed by atoms with E-state index in [0.717, 1.165) is 30.6 Å². The van der Waals surface area contributed by atoms with E-state index in [9.17, 15) is 9.59 Å². The highest BCUT2D eigenvalue weighted by atomic mass is 16.2. The Hall–Kier alpha value is -3.02. The van der Waals surface area contributed by atoms with Crippen molar-refractivity contribution in [1.29, 1.82) is 0 Å². The Labute approximate surface area is 148 Å². The zero-order valence-corrected chi connectivity index (χ0v) is 14.2. The second-order valence-corrected chi connectivity index (χ2v) is 5.64. The number of hydrazine groups is 1. The van der Waals surface area contributed by atoms with Crippen LogP contribution in [0.1, 0.15) is 25.7 Å². The fraction of sp³-hybridized carbons (Fsp3) is 0.263. The van der Waals surface area contributed by atoms with Gasteiger partial charge in [0.15, 0.2) is 0 Å². The van der Waals surface area contributed by atoms with E-state index in [0.29, 0.717) is 13.0 Å². The predicted octanol–water partition coefficient (Wildman–Crippen LogP) is 3.08. The molecule has 0 aromatic heterocycles. The first-order valence-corrected chi connectivity index (χ1v) is 8.40. The van der Waals surface area contributed by atoms with Crippen LogP contribution in [-0.2, 0) is 4.79 Å². The first-order chi connectivity index (χ1) is 12.2. The summed E-state index contributed by atoms with van der Waals surface area (Å²) in [6.45, 7) is 0.539. The normalized spacial score (nSPS) is 10.1. The monoisotopic (exact) mass is 340 g/mol. The van der Waals surface area contributed by atoms with Crippen molar-refractivity contribution in [2.75, 3.05) is 11.6 Å². The van der Waals surface area contributed by atoms with Gasteiger partial charge in [0.1, 0.15) is 0 Å². The molecule has 0 spiro atoms. The Balaban J connectivity index is 1.87. The molecule has 0 fully saturated rings. The van der Waals surface area contributed by atoms with Crippen molar-refractivity contribution in [3.8, 4) is 0 Å². The average molecular weight is 340 g/mol. The van der Waals surface area contributed by atoms with Gasteiger partial charge in [-0.2, -0.15) is 0 Å². The van der Waals surface area contributed by atoms with Crippen LogP contribution >= 0.6 is 0 Å².